The Morgan fingerprint density at radius 1 is 1.04 bits per heavy atom. The van der Waals surface area contributed by atoms with Gasteiger partial charge in [0.05, 0.1) is 0 Å². The number of carbonyl (C=O) groups is 2. The third-order valence-electron chi connectivity index (χ3n) is 4.44. The number of rotatable bonds is 7. The lowest BCUT2D eigenvalue weighted by Gasteiger charge is -2.24. The summed E-state index contributed by atoms with van der Waals surface area (Å²) >= 11 is 0. The Kier molecular flexibility index (Phi) is 8.32. The van der Waals surface area contributed by atoms with Crippen LogP contribution in [-0.4, -0.2) is 17.4 Å². The Morgan fingerprint density at radius 3 is 2.26 bits per heavy atom. The minimum atomic E-state index is -0.247. The number of carbonyl (C=O) groups excluding carboxylic acids is 2. The quantitative estimate of drug-likeness (QED) is 0.621. The number of aryl methyl sites for hydroxylation is 1. The van der Waals surface area contributed by atoms with Crippen LogP contribution in [0.4, 0.5) is 11.4 Å². The van der Waals surface area contributed by atoms with Crippen molar-refractivity contribution in [1.29, 1.82) is 0 Å². The lowest BCUT2D eigenvalue weighted by atomic mass is 10.0. The van der Waals surface area contributed by atoms with Gasteiger partial charge in [0.1, 0.15) is 0 Å². The van der Waals surface area contributed by atoms with Gasteiger partial charge in [-0.05, 0) is 62.6 Å². The second kappa shape index (κ2) is 9.97. The maximum Gasteiger partial charge on any atom is 0.251 e. The van der Waals surface area contributed by atoms with Crippen LogP contribution in [-0.2, 0) is 11.2 Å². The highest BCUT2D eigenvalue weighted by Gasteiger charge is 2.18. The van der Waals surface area contributed by atoms with Crippen LogP contribution in [0, 0.1) is 0 Å². The fourth-order valence-corrected chi connectivity index (χ4v) is 2.41. The Hall–Kier alpha value is -2.53. The molecule has 27 heavy (non-hydrogen) atoms. The topological polar surface area (TPSA) is 84.2 Å². The van der Waals surface area contributed by atoms with E-state index in [-0.39, 0.29) is 29.8 Å². The highest BCUT2D eigenvalue weighted by Crippen LogP contribution is 2.15. The molecule has 2 aromatic rings. The Morgan fingerprint density at radius 2 is 1.67 bits per heavy atom. The largest absolute Gasteiger partial charge is 0.399 e. The fraction of sp³-hybridized carbons (Fsp3) is 0.333. The normalized spacial score (nSPS) is 10.6. The molecule has 0 aliphatic rings. The third-order valence-corrected chi connectivity index (χ3v) is 4.44. The second-order valence-corrected chi connectivity index (χ2v) is 7.02. The Labute approximate surface area is 167 Å². The average molecular weight is 390 g/mol. The molecule has 0 spiro atoms. The lowest BCUT2D eigenvalue weighted by molar-refractivity contribution is -0.116. The summed E-state index contributed by atoms with van der Waals surface area (Å²) in [6.45, 7) is 6.00. The van der Waals surface area contributed by atoms with Gasteiger partial charge in [0.2, 0.25) is 5.91 Å². The van der Waals surface area contributed by atoms with Crippen molar-refractivity contribution in [2.75, 3.05) is 11.1 Å². The van der Waals surface area contributed by atoms with Crippen molar-refractivity contribution in [3.05, 3.63) is 59.7 Å². The molecule has 0 atom stereocenters. The maximum absolute atomic E-state index is 12.2. The number of nitrogens with two attached hydrogens (primary N) is 1. The summed E-state index contributed by atoms with van der Waals surface area (Å²) in [7, 11) is 0. The van der Waals surface area contributed by atoms with E-state index in [1.54, 1.807) is 24.3 Å². The standard InChI is InChI=1S/C21H27N3O2.ClH/c1-4-21(2,3)24-20(26)16-9-12-17(13-10-16)23-19(25)14-11-15-7-5-6-8-18(15)22;/h5-10,12-13H,4,11,14,22H2,1-3H3,(H,23,25)(H,24,26);1H. The van der Waals surface area contributed by atoms with Gasteiger partial charge in [-0.2, -0.15) is 0 Å². The highest BCUT2D eigenvalue weighted by molar-refractivity contribution is 5.96. The first-order valence-electron chi connectivity index (χ1n) is 8.86. The van der Waals surface area contributed by atoms with Crippen molar-refractivity contribution < 1.29 is 9.59 Å². The van der Waals surface area contributed by atoms with E-state index in [0.717, 1.165) is 12.0 Å². The molecule has 4 N–H and O–H groups in total. The molecule has 0 heterocycles. The molecule has 0 radical (unpaired) electrons. The molecular weight excluding hydrogens is 362 g/mol. The van der Waals surface area contributed by atoms with Gasteiger partial charge in [-0.25, -0.2) is 0 Å². The number of halogens is 1. The molecule has 2 aromatic carbocycles. The number of hydrogen-bond donors (Lipinski definition) is 3. The number of anilines is 2. The van der Waals surface area contributed by atoms with Crippen molar-refractivity contribution in [3.8, 4) is 0 Å². The number of benzene rings is 2. The zero-order chi connectivity index (χ0) is 19.2. The van der Waals surface area contributed by atoms with Crippen molar-refractivity contribution in [3.63, 3.8) is 0 Å². The van der Waals surface area contributed by atoms with Crippen LogP contribution in [0.2, 0.25) is 0 Å². The molecule has 0 fully saturated rings. The van der Waals surface area contributed by atoms with Crippen LogP contribution in [0.1, 0.15) is 49.5 Å². The number of para-hydroxylation sites is 1. The molecule has 146 valence electrons. The lowest BCUT2D eigenvalue weighted by Crippen LogP contribution is -2.42. The zero-order valence-electron chi connectivity index (χ0n) is 16.0. The van der Waals surface area contributed by atoms with E-state index in [1.807, 2.05) is 45.0 Å². The van der Waals surface area contributed by atoms with Crippen molar-refractivity contribution in [2.45, 2.75) is 45.6 Å². The summed E-state index contributed by atoms with van der Waals surface area (Å²) < 4.78 is 0. The van der Waals surface area contributed by atoms with Gasteiger partial charge in [-0.3, -0.25) is 9.59 Å². The predicted octanol–water partition coefficient (Wildman–Crippen LogP) is 4.18. The second-order valence-electron chi connectivity index (χ2n) is 7.02. The van der Waals surface area contributed by atoms with Crippen LogP contribution in [0.25, 0.3) is 0 Å². The predicted molar refractivity (Wildman–Crippen MR) is 113 cm³/mol. The molecule has 0 unspecified atom stereocenters. The number of nitrogens with one attached hydrogen (secondary N) is 2. The molecule has 5 nitrogen and oxygen atoms in total. The number of amides is 2. The van der Waals surface area contributed by atoms with Crippen LogP contribution < -0.4 is 16.4 Å². The SMILES string of the molecule is CCC(C)(C)NC(=O)c1ccc(NC(=O)CCc2ccccc2N)cc1.Cl. The minimum absolute atomic E-state index is 0. The average Bonchev–Trinajstić information content (AvgIpc) is 2.61. The van der Waals surface area contributed by atoms with Crippen LogP contribution in [0.15, 0.2) is 48.5 Å². The summed E-state index contributed by atoms with van der Waals surface area (Å²) in [5.41, 5.74) is 8.55. The van der Waals surface area contributed by atoms with Crippen molar-refractivity contribution in [1.82, 2.24) is 5.32 Å². The first-order chi connectivity index (χ1) is 12.3. The van der Waals surface area contributed by atoms with Crippen LogP contribution >= 0.6 is 12.4 Å². The number of hydrogen-bond acceptors (Lipinski definition) is 3. The number of nitrogen functional groups attached to an aromatic ring is 1. The molecule has 0 aliphatic carbocycles. The van der Waals surface area contributed by atoms with Gasteiger partial charge in [-0.1, -0.05) is 25.1 Å². The first-order valence-corrected chi connectivity index (χ1v) is 8.86. The van der Waals surface area contributed by atoms with E-state index in [1.165, 1.54) is 0 Å². The molecular formula is C21H28ClN3O2. The van der Waals surface area contributed by atoms with E-state index >= 15 is 0 Å². The monoisotopic (exact) mass is 389 g/mol. The smallest absolute Gasteiger partial charge is 0.251 e. The van der Waals surface area contributed by atoms with Crippen molar-refractivity contribution in [2.24, 2.45) is 0 Å². The Bertz CT molecular complexity index is 773. The van der Waals surface area contributed by atoms with Gasteiger partial charge < -0.3 is 16.4 Å². The van der Waals surface area contributed by atoms with Gasteiger partial charge in [0.25, 0.3) is 5.91 Å². The summed E-state index contributed by atoms with van der Waals surface area (Å²) in [6.07, 6.45) is 1.78. The molecule has 0 saturated carbocycles. The third kappa shape index (κ3) is 6.94. The van der Waals surface area contributed by atoms with Gasteiger partial charge in [0, 0.05) is 28.9 Å². The van der Waals surface area contributed by atoms with E-state index in [2.05, 4.69) is 10.6 Å². The van der Waals surface area contributed by atoms with Crippen LogP contribution in [0.5, 0.6) is 0 Å². The van der Waals surface area contributed by atoms with E-state index < -0.39 is 0 Å². The summed E-state index contributed by atoms with van der Waals surface area (Å²) in [4.78, 5) is 24.3. The fourth-order valence-electron chi connectivity index (χ4n) is 2.41. The summed E-state index contributed by atoms with van der Waals surface area (Å²) in [5, 5.41) is 5.83. The molecule has 0 bridgehead atoms. The van der Waals surface area contributed by atoms with Gasteiger partial charge in [-0.15, -0.1) is 12.4 Å². The first kappa shape index (κ1) is 22.5. The van der Waals surface area contributed by atoms with Crippen LogP contribution in [0.3, 0.4) is 0 Å². The summed E-state index contributed by atoms with van der Waals surface area (Å²) in [5.74, 6) is -0.202. The molecule has 0 saturated heterocycles. The van der Waals surface area contributed by atoms with E-state index in [4.69, 9.17) is 5.73 Å². The van der Waals surface area contributed by atoms with E-state index in [0.29, 0.717) is 29.8 Å². The molecule has 2 rings (SSSR count). The summed E-state index contributed by atoms with van der Waals surface area (Å²) in [6, 6.07) is 14.4. The zero-order valence-corrected chi connectivity index (χ0v) is 16.9. The Balaban J connectivity index is 0.00000364. The van der Waals surface area contributed by atoms with Gasteiger partial charge in [0.15, 0.2) is 0 Å². The van der Waals surface area contributed by atoms with E-state index in [9.17, 15) is 9.59 Å². The molecule has 2 amide bonds. The van der Waals surface area contributed by atoms with Crippen molar-refractivity contribution >= 4 is 35.6 Å². The van der Waals surface area contributed by atoms with Gasteiger partial charge >= 0.3 is 0 Å². The minimum Gasteiger partial charge on any atom is -0.399 e. The highest BCUT2D eigenvalue weighted by atomic mass is 35.5. The molecule has 0 aliphatic heterocycles. The molecule has 0 aromatic heterocycles. The molecule has 6 heteroatoms. The maximum atomic E-state index is 12.2.